The maximum absolute atomic E-state index is 12.1. The number of aromatic hydroxyl groups is 1. The number of hydrogen-bond acceptors (Lipinski definition) is 7. The number of para-hydroxylation sites is 2. The Balaban J connectivity index is 1.55. The zero-order valence-corrected chi connectivity index (χ0v) is 17.0. The predicted octanol–water partition coefficient (Wildman–Crippen LogP) is 3.02. The first-order valence-corrected chi connectivity index (χ1v) is 10.2. The molecule has 0 fully saturated rings. The van der Waals surface area contributed by atoms with Crippen LogP contribution in [0, 0.1) is 0 Å². The summed E-state index contributed by atoms with van der Waals surface area (Å²) in [5.74, 6) is 0.682. The lowest BCUT2D eigenvalue weighted by Gasteiger charge is -2.09. The summed E-state index contributed by atoms with van der Waals surface area (Å²) in [6.07, 6.45) is 3.15. The van der Waals surface area contributed by atoms with E-state index < -0.39 is 0 Å². The van der Waals surface area contributed by atoms with Gasteiger partial charge in [-0.25, -0.2) is 5.43 Å². The molecule has 2 aromatic carbocycles. The molecule has 30 heavy (non-hydrogen) atoms. The normalized spacial score (nSPS) is 10.8. The van der Waals surface area contributed by atoms with Gasteiger partial charge in [0, 0.05) is 17.8 Å². The molecular formula is C21H22N6O2S. The number of benzene rings is 2. The Hall–Kier alpha value is -3.59. The molecule has 0 spiro atoms. The van der Waals surface area contributed by atoms with Gasteiger partial charge in [0.15, 0.2) is 11.0 Å². The van der Waals surface area contributed by atoms with Gasteiger partial charge in [0.1, 0.15) is 5.75 Å². The minimum absolute atomic E-state index is 0.0963. The van der Waals surface area contributed by atoms with Crippen molar-refractivity contribution < 1.29 is 9.90 Å². The van der Waals surface area contributed by atoms with Crippen molar-refractivity contribution in [3.63, 3.8) is 0 Å². The lowest BCUT2D eigenvalue weighted by atomic mass is 10.2. The molecule has 1 aromatic heterocycles. The largest absolute Gasteiger partial charge is 0.507 e. The van der Waals surface area contributed by atoms with Gasteiger partial charge in [-0.15, -0.1) is 16.8 Å². The van der Waals surface area contributed by atoms with E-state index in [2.05, 4.69) is 32.6 Å². The first-order chi connectivity index (χ1) is 14.7. The van der Waals surface area contributed by atoms with Gasteiger partial charge in [-0.2, -0.15) is 5.10 Å². The second-order valence-electron chi connectivity index (χ2n) is 6.16. The number of hydrogen-bond donors (Lipinski definition) is 3. The lowest BCUT2D eigenvalue weighted by Crippen LogP contribution is -2.20. The molecule has 1 heterocycles. The molecule has 3 N–H and O–H groups in total. The highest BCUT2D eigenvalue weighted by Crippen LogP contribution is 2.18. The SMILES string of the molecule is C=CCn1c(CNc2ccccc2)nnc1SCC(=O)N/N=C\c1ccccc1O. The van der Waals surface area contributed by atoms with E-state index in [1.165, 1.54) is 18.0 Å². The fourth-order valence-electron chi connectivity index (χ4n) is 2.54. The van der Waals surface area contributed by atoms with Crippen LogP contribution in [0.1, 0.15) is 11.4 Å². The summed E-state index contributed by atoms with van der Waals surface area (Å²) in [6, 6.07) is 16.6. The highest BCUT2D eigenvalue weighted by molar-refractivity contribution is 7.99. The molecule has 3 aromatic rings. The van der Waals surface area contributed by atoms with E-state index in [-0.39, 0.29) is 17.4 Å². The highest BCUT2D eigenvalue weighted by Gasteiger charge is 2.13. The molecule has 9 heteroatoms. The number of hydrazone groups is 1. The molecule has 0 saturated heterocycles. The number of thioether (sulfide) groups is 1. The van der Waals surface area contributed by atoms with Crippen LogP contribution in [-0.2, 0) is 17.9 Å². The maximum Gasteiger partial charge on any atom is 0.250 e. The van der Waals surface area contributed by atoms with Gasteiger partial charge < -0.3 is 15.0 Å². The number of carbonyl (C=O) groups is 1. The summed E-state index contributed by atoms with van der Waals surface area (Å²) in [5.41, 5.74) is 3.95. The molecule has 0 saturated carbocycles. The van der Waals surface area contributed by atoms with Crippen LogP contribution in [0.2, 0.25) is 0 Å². The van der Waals surface area contributed by atoms with E-state index >= 15 is 0 Å². The molecule has 154 valence electrons. The molecular weight excluding hydrogens is 400 g/mol. The molecule has 1 amide bonds. The molecule has 0 atom stereocenters. The van der Waals surface area contributed by atoms with Crippen LogP contribution in [0.3, 0.4) is 0 Å². The Morgan fingerprint density at radius 2 is 1.93 bits per heavy atom. The third-order valence-corrected chi connectivity index (χ3v) is 4.96. The van der Waals surface area contributed by atoms with Crippen LogP contribution in [-0.4, -0.2) is 37.7 Å². The van der Waals surface area contributed by atoms with Gasteiger partial charge in [0.2, 0.25) is 0 Å². The minimum atomic E-state index is -0.288. The third kappa shape index (κ3) is 5.95. The van der Waals surface area contributed by atoms with E-state index in [0.29, 0.717) is 23.8 Å². The second kappa shape index (κ2) is 10.8. The van der Waals surface area contributed by atoms with Gasteiger partial charge in [-0.1, -0.05) is 48.2 Å². The summed E-state index contributed by atoms with van der Waals surface area (Å²) < 4.78 is 1.91. The van der Waals surface area contributed by atoms with E-state index in [0.717, 1.165) is 11.5 Å². The molecule has 0 radical (unpaired) electrons. The van der Waals surface area contributed by atoms with Gasteiger partial charge >= 0.3 is 0 Å². The Bertz CT molecular complexity index is 1020. The van der Waals surface area contributed by atoms with E-state index in [4.69, 9.17) is 0 Å². The number of carbonyl (C=O) groups excluding carboxylic acids is 1. The maximum atomic E-state index is 12.1. The van der Waals surface area contributed by atoms with Crippen molar-refractivity contribution in [2.24, 2.45) is 5.10 Å². The van der Waals surface area contributed by atoms with Gasteiger partial charge in [0.25, 0.3) is 5.91 Å². The summed E-state index contributed by atoms with van der Waals surface area (Å²) in [7, 11) is 0. The van der Waals surface area contributed by atoms with Crippen molar-refractivity contribution in [2.45, 2.75) is 18.2 Å². The standard InChI is InChI=1S/C21H22N6O2S/c1-2-12-27-19(14-22-17-9-4-3-5-10-17)24-26-21(27)30-15-20(29)25-23-13-16-8-6-7-11-18(16)28/h2-11,13,22,28H,1,12,14-15H2,(H,25,29)/b23-13-. The van der Waals surface area contributed by atoms with Crippen LogP contribution in [0.15, 0.2) is 77.5 Å². The number of phenols is 1. The number of allylic oxidation sites excluding steroid dienone is 1. The van der Waals surface area contributed by atoms with E-state index in [1.807, 2.05) is 34.9 Å². The number of rotatable bonds is 10. The van der Waals surface area contributed by atoms with Crippen LogP contribution >= 0.6 is 11.8 Å². The number of amides is 1. The Kier molecular flexibility index (Phi) is 7.62. The predicted molar refractivity (Wildman–Crippen MR) is 119 cm³/mol. The van der Waals surface area contributed by atoms with E-state index in [9.17, 15) is 9.90 Å². The molecule has 0 aliphatic rings. The Labute approximate surface area is 178 Å². The minimum Gasteiger partial charge on any atom is -0.507 e. The van der Waals surface area contributed by atoms with Crippen molar-refractivity contribution >= 4 is 29.6 Å². The average molecular weight is 423 g/mol. The molecule has 0 unspecified atom stereocenters. The number of nitrogens with zero attached hydrogens (tertiary/aromatic N) is 4. The molecule has 8 nitrogen and oxygen atoms in total. The number of nitrogens with one attached hydrogen (secondary N) is 2. The quantitative estimate of drug-likeness (QED) is 0.201. The average Bonchev–Trinajstić information content (AvgIpc) is 3.15. The summed E-state index contributed by atoms with van der Waals surface area (Å²) in [6.45, 7) is 4.82. The molecule has 3 rings (SSSR count). The lowest BCUT2D eigenvalue weighted by molar-refractivity contribution is -0.118. The fourth-order valence-corrected chi connectivity index (χ4v) is 3.30. The van der Waals surface area contributed by atoms with Crippen LogP contribution < -0.4 is 10.7 Å². The van der Waals surface area contributed by atoms with Gasteiger partial charge in [0.05, 0.1) is 18.5 Å². The number of phenolic OH excluding ortho intramolecular Hbond substituents is 1. The van der Waals surface area contributed by atoms with Crippen LogP contribution in [0.5, 0.6) is 5.75 Å². The summed E-state index contributed by atoms with van der Waals surface area (Å²) >= 11 is 1.27. The Morgan fingerprint density at radius 3 is 2.70 bits per heavy atom. The molecule has 0 aliphatic carbocycles. The summed E-state index contributed by atoms with van der Waals surface area (Å²) in [5, 5.41) is 25.9. The highest BCUT2D eigenvalue weighted by atomic mass is 32.2. The monoisotopic (exact) mass is 422 g/mol. The molecule has 0 aliphatic heterocycles. The van der Waals surface area contributed by atoms with Crippen molar-refractivity contribution in [2.75, 3.05) is 11.1 Å². The first kappa shape index (κ1) is 21.1. The van der Waals surface area contributed by atoms with Gasteiger partial charge in [-0.05, 0) is 24.3 Å². The van der Waals surface area contributed by atoms with Crippen LogP contribution in [0.25, 0.3) is 0 Å². The zero-order valence-electron chi connectivity index (χ0n) is 16.2. The first-order valence-electron chi connectivity index (χ1n) is 9.22. The fraction of sp³-hybridized carbons (Fsp3) is 0.143. The van der Waals surface area contributed by atoms with E-state index in [1.54, 1.807) is 30.3 Å². The topological polar surface area (TPSA) is 104 Å². The summed E-state index contributed by atoms with van der Waals surface area (Å²) in [4.78, 5) is 12.1. The van der Waals surface area contributed by atoms with Crippen molar-refractivity contribution in [1.29, 1.82) is 0 Å². The van der Waals surface area contributed by atoms with Crippen molar-refractivity contribution in [1.82, 2.24) is 20.2 Å². The van der Waals surface area contributed by atoms with Crippen molar-refractivity contribution in [3.05, 3.63) is 78.6 Å². The molecule has 0 bridgehead atoms. The number of aromatic nitrogens is 3. The smallest absolute Gasteiger partial charge is 0.250 e. The Morgan fingerprint density at radius 1 is 1.17 bits per heavy atom. The second-order valence-corrected chi connectivity index (χ2v) is 7.10. The number of anilines is 1. The zero-order chi connectivity index (χ0) is 21.2. The van der Waals surface area contributed by atoms with Crippen molar-refractivity contribution in [3.8, 4) is 5.75 Å². The third-order valence-electron chi connectivity index (χ3n) is 3.99. The van der Waals surface area contributed by atoms with Crippen LogP contribution in [0.4, 0.5) is 5.69 Å². The van der Waals surface area contributed by atoms with Gasteiger partial charge in [-0.3, -0.25) is 4.79 Å².